The minimum atomic E-state index is -0.209. The molecule has 0 atom stereocenters. The lowest BCUT2D eigenvalue weighted by atomic mass is 10.1. The lowest BCUT2D eigenvalue weighted by Gasteiger charge is -2.17. The fourth-order valence-corrected chi connectivity index (χ4v) is 2.35. The maximum Gasteiger partial charge on any atom is 0.203 e. The van der Waals surface area contributed by atoms with Crippen LogP contribution in [0.5, 0.6) is 0 Å². The fraction of sp³-hybridized carbons (Fsp3) is 0.176. The van der Waals surface area contributed by atoms with Crippen molar-refractivity contribution in [3.05, 3.63) is 71.8 Å². The first kappa shape index (κ1) is 15.2. The SMILES string of the molecule is CN(Cc1ccc(F)cc1)Cc1ccc(-c2nncnn2)cc1. The minimum absolute atomic E-state index is 0.209. The van der Waals surface area contributed by atoms with Crippen LogP contribution in [0, 0.1) is 5.82 Å². The van der Waals surface area contributed by atoms with Gasteiger partial charge in [-0.1, -0.05) is 36.4 Å². The number of halogens is 1. The molecule has 116 valence electrons. The molecule has 0 aliphatic carbocycles. The van der Waals surface area contributed by atoms with E-state index in [-0.39, 0.29) is 5.82 Å². The molecule has 3 aromatic rings. The fourth-order valence-electron chi connectivity index (χ4n) is 2.35. The van der Waals surface area contributed by atoms with Gasteiger partial charge in [-0.2, -0.15) is 0 Å². The quantitative estimate of drug-likeness (QED) is 0.725. The van der Waals surface area contributed by atoms with Gasteiger partial charge in [0.05, 0.1) is 0 Å². The van der Waals surface area contributed by atoms with Crippen LogP contribution in [0.1, 0.15) is 11.1 Å². The Morgan fingerprint density at radius 3 is 1.91 bits per heavy atom. The van der Waals surface area contributed by atoms with Crippen LogP contribution in [-0.2, 0) is 13.1 Å². The highest BCUT2D eigenvalue weighted by molar-refractivity contribution is 5.53. The Kier molecular flexibility index (Phi) is 4.63. The van der Waals surface area contributed by atoms with E-state index >= 15 is 0 Å². The molecule has 1 aromatic heterocycles. The molecule has 0 saturated heterocycles. The van der Waals surface area contributed by atoms with Gasteiger partial charge in [-0.05, 0) is 30.3 Å². The molecule has 0 aliphatic rings. The summed E-state index contributed by atoms with van der Waals surface area (Å²) >= 11 is 0. The van der Waals surface area contributed by atoms with Crippen LogP contribution in [0.15, 0.2) is 54.9 Å². The van der Waals surface area contributed by atoms with E-state index in [4.69, 9.17) is 0 Å². The van der Waals surface area contributed by atoms with Gasteiger partial charge in [0.1, 0.15) is 5.82 Å². The van der Waals surface area contributed by atoms with Crippen LogP contribution < -0.4 is 0 Å². The summed E-state index contributed by atoms with van der Waals surface area (Å²) in [6.07, 6.45) is 1.31. The Balaban J connectivity index is 1.62. The minimum Gasteiger partial charge on any atom is -0.298 e. The van der Waals surface area contributed by atoms with E-state index in [1.165, 1.54) is 24.0 Å². The summed E-state index contributed by atoms with van der Waals surface area (Å²) in [6.45, 7) is 1.56. The second-order valence-electron chi connectivity index (χ2n) is 5.37. The average molecular weight is 309 g/mol. The third-order valence-corrected chi connectivity index (χ3v) is 3.44. The summed E-state index contributed by atoms with van der Waals surface area (Å²) in [6, 6.07) is 14.6. The Morgan fingerprint density at radius 1 is 0.826 bits per heavy atom. The standard InChI is InChI=1S/C17H16FN5/c1-23(11-14-4-8-16(18)9-5-14)10-13-2-6-15(7-3-13)17-21-19-12-20-22-17/h2-9,12H,10-11H2,1H3. The number of benzene rings is 2. The van der Waals surface area contributed by atoms with E-state index in [9.17, 15) is 4.39 Å². The highest BCUT2D eigenvalue weighted by Gasteiger charge is 2.05. The molecule has 0 bridgehead atoms. The molecule has 23 heavy (non-hydrogen) atoms. The first-order valence-corrected chi connectivity index (χ1v) is 7.23. The topological polar surface area (TPSA) is 54.8 Å². The van der Waals surface area contributed by atoms with Crippen molar-refractivity contribution >= 4 is 0 Å². The van der Waals surface area contributed by atoms with Crippen molar-refractivity contribution in [1.82, 2.24) is 25.3 Å². The van der Waals surface area contributed by atoms with Gasteiger partial charge in [0, 0.05) is 18.7 Å². The van der Waals surface area contributed by atoms with Gasteiger partial charge in [0.25, 0.3) is 0 Å². The summed E-state index contributed by atoms with van der Waals surface area (Å²) in [4.78, 5) is 2.17. The summed E-state index contributed by atoms with van der Waals surface area (Å²) in [5.41, 5.74) is 3.14. The smallest absolute Gasteiger partial charge is 0.203 e. The molecule has 0 amide bonds. The first-order chi connectivity index (χ1) is 11.2. The van der Waals surface area contributed by atoms with Crippen molar-refractivity contribution in [2.24, 2.45) is 0 Å². The van der Waals surface area contributed by atoms with Gasteiger partial charge in [-0.3, -0.25) is 4.90 Å². The Hall–Kier alpha value is -2.73. The molecule has 0 spiro atoms. The zero-order valence-corrected chi connectivity index (χ0v) is 12.7. The zero-order chi connectivity index (χ0) is 16.1. The van der Waals surface area contributed by atoms with Crippen LogP contribution in [0.2, 0.25) is 0 Å². The highest BCUT2D eigenvalue weighted by Crippen LogP contribution is 2.15. The van der Waals surface area contributed by atoms with Crippen molar-refractivity contribution in [3.8, 4) is 11.4 Å². The molecule has 0 aliphatic heterocycles. The molecule has 0 fully saturated rings. The number of nitrogens with zero attached hydrogens (tertiary/aromatic N) is 5. The van der Waals surface area contributed by atoms with Crippen LogP contribution in [0.4, 0.5) is 4.39 Å². The molecular formula is C17H16FN5. The van der Waals surface area contributed by atoms with Gasteiger partial charge in [0.15, 0.2) is 6.33 Å². The van der Waals surface area contributed by atoms with Crippen molar-refractivity contribution in [2.75, 3.05) is 7.05 Å². The van der Waals surface area contributed by atoms with E-state index in [1.54, 1.807) is 0 Å². The lowest BCUT2D eigenvalue weighted by Crippen LogP contribution is -2.17. The Morgan fingerprint density at radius 2 is 1.35 bits per heavy atom. The van der Waals surface area contributed by atoms with Crippen molar-refractivity contribution < 1.29 is 4.39 Å². The number of aromatic nitrogens is 4. The van der Waals surface area contributed by atoms with Crippen molar-refractivity contribution in [3.63, 3.8) is 0 Å². The second-order valence-corrected chi connectivity index (χ2v) is 5.37. The third-order valence-electron chi connectivity index (χ3n) is 3.44. The summed E-state index contributed by atoms with van der Waals surface area (Å²) in [5, 5.41) is 15.3. The van der Waals surface area contributed by atoms with E-state index in [2.05, 4.69) is 25.3 Å². The van der Waals surface area contributed by atoms with E-state index < -0.39 is 0 Å². The van der Waals surface area contributed by atoms with E-state index in [1.807, 2.05) is 43.4 Å². The summed E-state index contributed by atoms with van der Waals surface area (Å²) in [7, 11) is 2.03. The predicted octanol–water partition coefficient (Wildman–Crippen LogP) is 2.70. The summed E-state index contributed by atoms with van der Waals surface area (Å²) in [5.74, 6) is 0.304. The normalized spacial score (nSPS) is 10.9. The molecule has 1 heterocycles. The molecule has 0 radical (unpaired) electrons. The third kappa shape index (κ3) is 4.14. The summed E-state index contributed by atoms with van der Waals surface area (Å²) < 4.78 is 12.9. The monoisotopic (exact) mass is 309 g/mol. The Bertz CT molecular complexity index is 744. The molecule has 2 aromatic carbocycles. The number of hydrogen-bond acceptors (Lipinski definition) is 5. The van der Waals surface area contributed by atoms with Crippen molar-refractivity contribution in [1.29, 1.82) is 0 Å². The second kappa shape index (κ2) is 7.02. The van der Waals surface area contributed by atoms with Gasteiger partial charge in [0.2, 0.25) is 5.82 Å². The maximum absolute atomic E-state index is 12.9. The highest BCUT2D eigenvalue weighted by atomic mass is 19.1. The maximum atomic E-state index is 12.9. The Labute approximate surface area is 133 Å². The first-order valence-electron chi connectivity index (χ1n) is 7.23. The predicted molar refractivity (Wildman–Crippen MR) is 84.6 cm³/mol. The average Bonchev–Trinajstić information content (AvgIpc) is 2.58. The van der Waals surface area contributed by atoms with E-state index in [0.717, 1.165) is 24.2 Å². The van der Waals surface area contributed by atoms with Crippen LogP contribution >= 0.6 is 0 Å². The largest absolute Gasteiger partial charge is 0.298 e. The van der Waals surface area contributed by atoms with Crippen LogP contribution in [0.3, 0.4) is 0 Å². The molecule has 5 nitrogen and oxygen atoms in total. The number of rotatable bonds is 5. The molecule has 0 unspecified atom stereocenters. The van der Waals surface area contributed by atoms with Gasteiger partial charge < -0.3 is 0 Å². The molecule has 0 saturated carbocycles. The van der Waals surface area contributed by atoms with Gasteiger partial charge in [-0.25, -0.2) is 4.39 Å². The lowest BCUT2D eigenvalue weighted by molar-refractivity contribution is 0.319. The van der Waals surface area contributed by atoms with Crippen LogP contribution in [-0.4, -0.2) is 32.3 Å². The van der Waals surface area contributed by atoms with Crippen molar-refractivity contribution in [2.45, 2.75) is 13.1 Å². The van der Waals surface area contributed by atoms with Crippen LogP contribution in [0.25, 0.3) is 11.4 Å². The number of hydrogen-bond donors (Lipinski definition) is 0. The molecule has 3 rings (SSSR count). The zero-order valence-electron chi connectivity index (χ0n) is 12.7. The molecular weight excluding hydrogens is 293 g/mol. The van der Waals surface area contributed by atoms with Gasteiger partial charge in [-0.15, -0.1) is 20.4 Å². The molecule has 0 N–H and O–H groups in total. The van der Waals surface area contributed by atoms with E-state index in [0.29, 0.717) is 5.82 Å². The molecule has 6 heteroatoms. The van der Waals surface area contributed by atoms with Gasteiger partial charge >= 0.3 is 0 Å².